The van der Waals surface area contributed by atoms with E-state index < -0.39 is 12.1 Å². The Labute approximate surface area is 118 Å². The van der Waals surface area contributed by atoms with Crippen LogP contribution in [0.25, 0.3) is 0 Å². The van der Waals surface area contributed by atoms with Gasteiger partial charge in [0.2, 0.25) is 5.75 Å². The standard InChI is InChI=1S/C14H19NO5/c1-5-9-14(17-4)19-11-8-6-7-10(12(11)20-14)18-13(16)15(2)3/h6-8H,5,9H2,1-4H3. The SMILES string of the molecule is CCCC1(OC)Oc2cccc(OC(=O)N(C)C)c2O1. The number of methoxy groups -OCH3 is 1. The fourth-order valence-corrected chi connectivity index (χ4v) is 1.88. The molecule has 2 rings (SSSR count). The molecule has 110 valence electrons. The van der Waals surface area contributed by atoms with Crippen LogP contribution < -0.4 is 14.2 Å². The van der Waals surface area contributed by atoms with Crippen molar-refractivity contribution < 1.29 is 23.7 Å². The van der Waals surface area contributed by atoms with Crippen molar-refractivity contribution in [1.29, 1.82) is 0 Å². The number of nitrogens with zero attached hydrogens (tertiary/aromatic N) is 1. The van der Waals surface area contributed by atoms with E-state index in [0.717, 1.165) is 6.42 Å². The number of fused-ring (bicyclic) bond motifs is 1. The molecule has 1 aromatic carbocycles. The maximum atomic E-state index is 11.6. The van der Waals surface area contributed by atoms with Gasteiger partial charge in [-0.25, -0.2) is 4.79 Å². The maximum Gasteiger partial charge on any atom is 0.414 e. The van der Waals surface area contributed by atoms with Crippen LogP contribution in [0.5, 0.6) is 17.2 Å². The number of carbonyl (C=O) groups excluding carboxylic acids is 1. The lowest BCUT2D eigenvalue weighted by molar-refractivity contribution is -0.272. The summed E-state index contributed by atoms with van der Waals surface area (Å²) >= 11 is 0. The summed E-state index contributed by atoms with van der Waals surface area (Å²) in [5.41, 5.74) is 0. The van der Waals surface area contributed by atoms with Gasteiger partial charge in [-0.05, 0) is 18.6 Å². The Bertz CT molecular complexity index is 502. The third kappa shape index (κ3) is 2.65. The summed E-state index contributed by atoms with van der Waals surface area (Å²) in [6, 6.07) is 5.14. The highest BCUT2D eigenvalue weighted by Gasteiger charge is 2.43. The number of amides is 1. The first-order chi connectivity index (χ1) is 9.51. The Kier molecular flexibility index (Phi) is 4.04. The van der Waals surface area contributed by atoms with Gasteiger partial charge in [0, 0.05) is 21.2 Å². The average molecular weight is 281 g/mol. The van der Waals surface area contributed by atoms with E-state index in [4.69, 9.17) is 18.9 Å². The van der Waals surface area contributed by atoms with Gasteiger partial charge in [-0.3, -0.25) is 0 Å². The van der Waals surface area contributed by atoms with Gasteiger partial charge in [-0.1, -0.05) is 13.0 Å². The van der Waals surface area contributed by atoms with Gasteiger partial charge >= 0.3 is 12.1 Å². The normalized spacial score (nSPS) is 19.8. The van der Waals surface area contributed by atoms with Crippen LogP contribution >= 0.6 is 0 Å². The molecular weight excluding hydrogens is 262 g/mol. The minimum atomic E-state index is -1.14. The largest absolute Gasteiger partial charge is 0.426 e. The second-order valence-electron chi connectivity index (χ2n) is 4.69. The summed E-state index contributed by atoms with van der Waals surface area (Å²) < 4.78 is 22.1. The molecule has 0 fully saturated rings. The summed E-state index contributed by atoms with van der Waals surface area (Å²) in [5, 5.41) is 0. The molecule has 0 saturated heterocycles. The van der Waals surface area contributed by atoms with Crippen molar-refractivity contribution in [2.45, 2.75) is 25.7 Å². The Morgan fingerprint density at radius 1 is 1.35 bits per heavy atom. The van der Waals surface area contributed by atoms with Gasteiger partial charge in [-0.2, -0.15) is 0 Å². The predicted molar refractivity (Wildman–Crippen MR) is 72.1 cm³/mol. The number of hydrogen-bond donors (Lipinski definition) is 0. The molecule has 0 aliphatic carbocycles. The van der Waals surface area contributed by atoms with Crippen LogP contribution in [-0.2, 0) is 4.74 Å². The molecule has 20 heavy (non-hydrogen) atoms. The molecule has 0 N–H and O–H groups in total. The number of carbonyl (C=O) groups is 1. The highest BCUT2D eigenvalue weighted by molar-refractivity contribution is 5.72. The van der Waals surface area contributed by atoms with Crippen molar-refractivity contribution in [1.82, 2.24) is 4.90 Å². The van der Waals surface area contributed by atoms with Crippen LogP contribution in [0.15, 0.2) is 18.2 Å². The third-order valence-corrected chi connectivity index (χ3v) is 2.90. The van der Waals surface area contributed by atoms with Crippen molar-refractivity contribution in [2.75, 3.05) is 21.2 Å². The van der Waals surface area contributed by atoms with E-state index >= 15 is 0 Å². The van der Waals surface area contributed by atoms with E-state index in [2.05, 4.69) is 0 Å². The first kappa shape index (κ1) is 14.5. The molecule has 6 nitrogen and oxygen atoms in total. The number of rotatable bonds is 4. The minimum absolute atomic E-state index is 0.316. The van der Waals surface area contributed by atoms with Gasteiger partial charge in [0.25, 0.3) is 0 Å². The second kappa shape index (κ2) is 5.58. The summed E-state index contributed by atoms with van der Waals surface area (Å²) in [5.74, 6) is 0.0659. The molecule has 1 atom stereocenters. The smallest absolute Gasteiger partial charge is 0.414 e. The first-order valence-electron chi connectivity index (χ1n) is 6.46. The van der Waals surface area contributed by atoms with E-state index in [1.807, 2.05) is 6.92 Å². The molecule has 1 aliphatic rings. The molecule has 0 aromatic heterocycles. The first-order valence-corrected chi connectivity index (χ1v) is 6.46. The lowest BCUT2D eigenvalue weighted by atomic mass is 10.3. The van der Waals surface area contributed by atoms with Crippen LogP contribution in [-0.4, -0.2) is 38.2 Å². The maximum absolute atomic E-state index is 11.6. The van der Waals surface area contributed by atoms with Crippen LogP contribution in [0.1, 0.15) is 19.8 Å². The van der Waals surface area contributed by atoms with Gasteiger partial charge < -0.3 is 23.8 Å². The van der Waals surface area contributed by atoms with Crippen molar-refractivity contribution in [3.8, 4) is 17.2 Å². The van der Waals surface area contributed by atoms with Gasteiger partial charge in [0.15, 0.2) is 11.5 Å². The number of para-hydroxylation sites is 1. The molecule has 1 heterocycles. The number of ether oxygens (including phenoxy) is 4. The fraction of sp³-hybridized carbons (Fsp3) is 0.500. The highest BCUT2D eigenvalue weighted by Crippen LogP contribution is 2.47. The zero-order valence-corrected chi connectivity index (χ0v) is 12.1. The van der Waals surface area contributed by atoms with Crippen LogP contribution in [0, 0.1) is 0 Å². The lowest BCUT2D eigenvalue weighted by Crippen LogP contribution is -2.40. The Balaban J connectivity index is 2.26. The minimum Gasteiger partial charge on any atom is -0.426 e. The molecule has 0 saturated carbocycles. The highest BCUT2D eigenvalue weighted by atomic mass is 16.9. The van der Waals surface area contributed by atoms with Gasteiger partial charge in [-0.15, -0.1) is 0 Å². The topological polar surface area (TPSA) is 57.2 Å². The molecular formula is C14H19NO5. The fourth-order valence-electron chi connectivity index (χ4n) is 1.88. The zero-order valence-electron chi connectivity index (χ0n) is 12.1. The summed E-state index contributed by atoms with van der Waals surface area (Å²) in [6.45, 7) is 2.00. The molecule has 1 aromatic rings. The van der Waals surface area contributed by atoms with Crippen molar-refractivity contribution in [3.05, 3.63) is 18.2 Å². The summed E-state index contributed by atoms with van der Waals surface area (Å²) in [4.78, 5) is 13.0. The molecule has 0 spiro atoms. The second-order valence-corrected chi connectivity index (χ2v) is 4.69. The third-order valence-electron chi connectivity index (χ3n) is 2.90. The van der Waals surface area contributed by atoms with E-state index in [-0.39, 0.29) is 0 Å². The number of hydrogen-bond acceptors (Lipinski definition) is 5. The molecule has 0 bridgehead atoms. The van der Waals surface area contributed by atoms with Gasteiger partial charge in [0.05, 0.1) is 6.42 Å². The number of benzene rings is 1. The molecule has 1 amide bonds. The lowest BCUT2D eigenvalue weighted by Gasteiger charge is -2.24. The molecule has 0 radical (unpaired) electrons. The molecule has 1 aliphatic heterocycles. The van der Waals surface area contributed by atoms with E-state index in [0.29, 0.717) is 23.7 Å². The van der Waals surface area contributed by atoms with E-state index in [1.165, 1.54) is 12.0 Å². The Hall–Kier alpha value is -1.95. The van der Waals surface area contributed by atoms with E-state index in [9.17, 15) is 4.79 Å². The van der Waals surface area contributed by atoms with Crippen LogP contribution in [0.3, 0.4) is 0 Å². The van der Waals surface area contributed by atoms with Crippen molar-refractivity contribution in [2.24, 2.45) is 0 Å². The molecule has 1 unspecified atom stereocenters. The van der Waals surface area contributed by atoms with Crippen LogP contribution in [0.4, 0.5) is 4.79 Å². The zero-order chi connectivity index (χ0) is 14.8. The van der Waals surface area contributed by atoms with Gasteiger partial charge in [0.1, 0.15) is 0 Å². The van der Waals surface area contributed by atoms with E-state index in [1.54, 1.807) is 32.3 Å². The Morgan fingerprint density at radius 2 is 2.10 bits per heavy atom. The van der Waals surface area contributed by atoms with Crippen molar-refractivity contribution in [3.63, 3.8) is 0 Å². The van der Waals surface area contributed by atoms with Crippen LogP contribution in [0.2, 0.25) is 0 Å². The average Bonchev–Trinajstić information content (AvgIpc) is 2.79. The quantitative estimate of drug-likeness (QED) is 0.849. The monoisotopic (exact) mass is 281 g/mol. The van der Waals surface area contributed by atoms with Crippen molar-refractivity contribution >= 4 is 6.09 Å². The summed E-state index contributed by atoms with van der Waals surface area (Å²) in [6.07, 6.45) is 0.917. The summed E-state index contributed by atoms with van der Waals surface area (Å²) in [7, 11) is 4.74. The molecule has 6 heteroatoms. The predicted octanol–water partition coefficient (Wildman–Crippen LogP) is 2.62. The Morgan fingerprint density at radius 3 is 2.70 bits per heavy atom.